The van der Waals surface area contributed by atoms with Gasteiger partial charge in [-0.1, -0.05) is 37.1 Å². The highest BCUT2D eigenvalue weighted by Crippen LogP contribution is 2.44. The SMILES string of the molecule is O=C(C1CCCC1)N1CC2(CCN(Cc3ccccn3)C2)Cc2ccccc21. The number of benzene rings is 1. The van der Waals surface area contributed by atoms with E-state index in [1.165, 1.54) is 18.4 Å². The maximum Gasteiger partial charge on any atom is 0.230 e. The van der Waals surface area contributed by atoms with Gasteiger partial charge in [-0.2, -0.15) is 0 Å². The standard InChI is InChI=1S/C24H29N3O/c28-23(19-7-1-2-8-19)27-18-24(15-20-9-3-4-11-22(20)27)12-14-26(17-24)16-21-10-5-6-13-25-21/h3-6,9-11,13,19H,1-2,7-8,12,14-18H2. The van der Waals surface area contributed by atoms with Crippen molar-refractivity contribution in [2.75, 3.05) is 24.5 Å². The first-order valence-corrected chi connectivity index (χ1v) is 10.7. The van der Waals surface area contributed by atoms with Gasteiger partial charge in [0, 0.05) is 42.9 Å². The van der Waals surface area contributed by atoms with Crippen LogP contribution in [0, 0.1) is 11.3 Å². The third-order valence-corrected chi connectivity index (χ3v) is 6.94. The van der Waals surface area contributed by atoms with E-state index in [2.05, 4.69) is 51.2 Å². The van der Waals surface area contributed by atoms with Gasteiger partial charge in [0.1, 0.15) is 0 Å². The van der Waals surface area contributed by atoms with Crippen LogP contribution in [0.4, 0.5) is 5.69 Å². The zero-order chi connectivity index (χ0) is 19.0. The summed E-state index contributed by atoms with van der Waals surface area (Å²) in [6.07, 6.45) is 8.65. The van der Waals surface area contributed by atoms with E-state index >= 15 is 0 Å². The minimum atomic E-state index is 0.178. The van der Waals surface area contributed by atoms with Crippen LogP contribution in [0.15, 0.2) is 48.7 Å². The molecule has 2 aromatic rings. The number of carbonyl (C=O) groups excluding carboxylic acids is 1. The van der Waals surface area contributed by atoms with Gasteiger partial charge >= 0.3 is 0 Å². The fourth-order valence-electron chi connectivity index (χ4n) is 5.55. The molecule has 1 saturated heterocycles. The third kappa shape index (κ3) is 3.35. The molecule has 1 aromatic carbocycles. The molecule has 4 nitrogen and oxygen atoms in total. The van der Waals surface area contributed by atoms with Gasteiger partial charge < -0.3 is 4.90 Å². The van der Waals surface area contributed by atoms with Gasteiger partial charge in [0.15, 0.2) is 0 Å². The molecule has 2 fully saturated rings. The van der Waals surface area contributed by atoms with Crippen molar-refractivity contribution in [3.05, 3.63) is 59.9 Å². The molecule has 1 saturated carbocycles. The fraction of sp³-hybridized carbons (Fsp3) is 0.500. The highest BCUT2D eigenvalue weighted by Gasteiger charge is 2.45. The number of likely N-dealkylation sites (tertiary alicyclic amines) is 1. The molecule has 3 aliphatic rings. The van der Waals surface area contributed by atoms with Crippen molar-refractivity contribution in [2.45, 2.75) is 45.1 Å². The Morgan fingerprint density at radius 3 is 2.71 bits per heavy atom. The first-order valence-electron chi connectivity index (χ1n) is 10.7. The van der Waals surface area contributed by atoms with Crippen molar-refractivity contribution < 1.29 is 4.79 Å². The van der Waals surface area contributed by atoms with Crippen molar-refractivity contribution in [1.82, 2.24) is 9.88 Å². The predicted octanol–water partition coefficient (Wildman–Crippen LogP) is 4.05. The number of amides is 1. The Labute approximate surface area is 167 Å². The van der Waals surface area contributed by atoms with Crippen LogP contribution >= 0.6 is 0 Å². The van der Waals surface area contributed by atoms with Crippen LogP contribution in [0.2, 0.25) is 0 Å². The number of carbonyl (C=O) groups is 1. The minimum Gasteiger partial charge on any atom is -0.311 e. The zero-order valence-corrected chi connectivity index (χ0v) is 16.5. The molecule has 5 rings (SSSR count). The Balaban J connectivity index is 1.38. The van der Waals surface area contributed by atoms with Crippen molar-refractivity contribution >= 4 is 11.6 Å². The van der Waals surface area contributed by atoms with Gasteiger partial charge in [-0.3, -0.25) is 14.7 Å². The lowest BCUT2D eigenvalue weighted by Gasteiger charge is -2.42. The maximum absolute atomic E-state index is 13.4. The van der Waals surface area contributed by atoms with Gasteiger partial charge in [-0.15, -0.1) is 0 Å². The van der Waals surface area contributed by atoms with Crippen LogP contribution in [0.3, 0.4) is 0 Å². The Kier molecular flexibility index (Phi) is 4.67. The van der Waals surface area contributed by atoms with Gasteiger partial charge in [-0.05, 0) is 56.0 Å². The molecular weight excluding hydrogens is 346 g/mol. The summed E-state index contributed by atoms with van der Waals surface area (Å²) in [5, 5.41) is 0. The normalized spacial score (nSPS) is 25.4. The van der Waals surface area contributed by atoms with Gasteiger partial charge in [0.05, 0.1) is 5.69 Å². The summed E-state index contributed by atoms with van der Waals surface area (Å²) in [7, 11) is 0. The number of para-hydroxylation sites is 1. The summed E-state index contributed by atoms with van der Waals surface area (Å²) >= 11 is 0. The zero-order valence-electron chi connectivity index (χ0n) is 16.5. The number of nitrogens with zero attached hydrogens (tertiary/aromatic N) is 3. The van der Waals surface area contributed by atoms with Gasteiger partial charge in [0.2, 0.25) is 5.91 Å². The Morgan fingerprint density at radius 2 is 1.89 bits per heavy atom. The van der Waals surface area contributed by atoms with Crippen LogP contribution in [0.1, 0.15) is 43.4 Å². The highest BCUT2D eigenvalue weighted by molar-refractivity contribution is 5.96. The Morgan fingerprint density at radius 1 is 1.07 bits per heavy atom. The van der Waals surface area contributed by atoms with E-state index in [0.29, 0.717) is 5.91 Å². The minimum absolute atomic E-state index is 0.178. The van der Waals surface area contributed by atoms with E-state index in [0.717, 1.165) is 63.2 Å². The second-order valence-corrected chi connectivity index (χ2v) is 8.99. The Hall–Kier alpha value is -2.20. The second-order valence-electron chi connectivity index (χ2n) is 8.99. The van der Waals surface area contributed by atoms with Crippen LogP contribution < -0.4 is 4.90 Å². The number of hydrogen-bond donors (Lipinski definition) is 0. The molecule has 146 valence electrons. The number of hydrogen-bond acceptors (Lipinski definition) is 3. The molecule has 1 spiro atoms. The molecule has 3 heterocycles. The average molecular weight is 376 g/mol. The van der Waals surface area contributed by atoms with Crippen LogP contribution in [-0.4, -0.2) is 35.4 Å². The van der Waals surface area contributed by atoms with E-state index in [9.17, 15) is 4.79 Å². The van der Waals surface area contributed by atoms with Crippen LogP contribution in [-0.2, 0) is 17.8 Å². The monoisotopic (exact) mass is 375 g/mol. The van der Waals surface area contributed by atoms with E-state index in [-0.39, 0.29) is 11.3 Å². The summed E-state index contributed by atoms with van der Waals surface area (Å²) in [6, 6.07) is 14.7. The van der Waals surface area contributed by atoms with Gasteiger partial charge in [-0.25, -0.2) is 0 Å². The third-order valence-electron chi connectivity index (χ3n) is 6.94. The molecule has 1 aliphatic carbocycles. The summed E-state index contributed by atoms with van der Waals surface area (Å²) < 4.78 is 0. The number of aromatic nitrogens is 1. The van der Waals surface area contributed by atoms with E-state index in [1.54, 1.807) is 0 Å². The number of fused-ring (bicyclic) bond motifs is 1. The highest BCUT2D eigenvalue weighted by atomic mass is 16.2. The lowest BCUT2D eigenvalue weighted by Crippen LogP contribution is -2.49. The number of anilines is 1. The summed E-state index contributed by atoms with van der Waals surface area (Å²) in [5.41, 5.74) is 3.82. The topological polar surface area (TPSA) is 36.4 Å². The van der Waals surface area contributed by atoms with E-state index < -0.39 is 0 Å². The average Bonchev–Trinajstić information content (AvgIpc) is 3.39. The van der Waals surface area contributed by atoms with Crippen LogP contribution in [0.5, 0.6) is 0 Å². The molecule has 4 heteroatoms. The smallest absolute Gasteiger partial charge is 0.230 e. The largest absolute Gasteiger partial charge is 0.311 e. The molecule has 1 atom stereocenters. The lowest BCUT2D eigenvalue weighted by molar-refractivity contribution is -0.122. The first-order chi connectivity index (χ1) is 13.7. The molecule has 2 aliphatic heterocycles. The van der Waals surface area contributed by atoms with E-state index in [4.69, 9.17) is 0 Å². The first kappa shape index (κ1) is 17.9. The van der Waals surface area contributed by atoms with E-state index in [1.807, 2.05) is 12.3 Å². The molecule has 28 heavy (non-hydrogen) atoms. The van der Waals surface area contributed by atoms with Crippen molar-refractivity contribution in [3.8, 4) is 0 Å². The number of rotatable bonds is 3. The molecule has 0 radical (unpaired) electrons. The molecule has 1 amide bonds. The second kappa shape index (κ2) is 7.32. The van der Waals surface area contributed by atoms with Crippen LogP contribution in [0.25, 0.3) is 0 Å². The summed E-state index contributed by atoms with van der Waals surface area (Å²) in [6.45, 7) is 3.91. The fourth-order valence-corrected chi connectivity index (χ4v) is 5.55. The Bertz CT molecular complexity index is 846. The molecule has 0 N–H and O–H groups in total. The quantitative estimate of drug-likeness (QED) is 0.812. The summed E-state index contributed by atoms with van der Waals surface area (Å²) in [4.78, 5) is 22.6. The van der Waals surface area contributed by atoms with Crippen molar-refractivity contribution in [2.24, 2.45) is 11.3 Å². The predicted molar refractivity (Wildman–Crippen MR) is 111 cm³/mol. The van der Waals surface area contributed by atoms with Crippen molar-refractivity contribution in [3.63, 3.8) is 0 Å². The van der Waals surface area contributed by atoms with Gasteiger partial charge in [0.25, 0.3) is 0 Å². The molecular formula is C24H29N3O. The molecule has 1 unspecified atom stereocenters. The maximum atomic E-state index is 13.4. The molecule has 0 bridgehead atoms. The lowest BCUT2D eigenvalue weighted by atomic mass is 9.76. The molecule has 1 aromatic heterocycles. The van der Waals surface area contributed by atoms with Crippen molar-refractivity contribution in [1.29, 1.82) is 0 Å². The number of pyridine rings is 1. The summed E-state index contributed by atoms with van der Waals surface area (Å²) in [5.74, 6) is 0.599.